The maximum absolute atomic E-state index is 13.2. The summed E-state index contributed by atoms with van der Waals surface area (Å²) in [6, 6.07) is 6.13. The Hall–Kier alpha value is -2.17. The van der Waals surface area contributed by atoms with Crippen molar-refractivity contribution >= 4 is 17.1 Å². The lowest BCUT2D eigenvalue weighted by atomic mass is 10.2. The van der Waals surface area contributed by atoms with Crippen molar-refractivity contribution in [2.75, 3.05) is 7.11 Å². The summed E-state index contributed by atoms with van der Waals surface area (Å²) < 4.78 is 18.2. The van der Waals surface area contributed by atoms with Gasteiger partial charge in [0.1, 0.15) is 17.1 Å². The Morgan fingerprint density at radius 2 is 2.25 bits per heavy atom. The molecule has 0 fully saturated rings. The van der Waals surface area contributed by atoms with Crippen molar-refractivity contribution in [1.29, 1.82) is 0 Å². The fourth-order valence-corrected chi connectivity index (χ4v) is 1.49. The predicted molar refractivity (Wildman–Crippen MR) is 60.0 cm³/mol. The second kappa shape index (κ2) is 4.14. The summed E-state index contributed by atoms with van der Waals surface area (Å²) in [5.41, 5.74) is 1.18. The van der Waals surface area contributed by atoms with Crippen molar-refractivity contribution in [3.63, 3.8) is 0 Å². The lowest BCUT2D eigenvalue weighted by Gasteiger charge is -2.05. The quantitative estimate of drug-likeness (QED) is 0.475. The van der Waals surface area contributed by atoms with E-state index in [9.17, 15) is 4.39 Å². The molecule has 0 bridgehead atoms. The van der Waals surface area contributed by atoms with Crippen molar-refractivity contribution in [2.24, 2.45) is 10.9 Å². The smallest absolute Gasteiger partial charge is 0.148 e. The van der Waals surface area contributed by atoms with Crippen molar-refractivity contribution in [3.8, 4) is 5.75 Å². The molecular weight excluding hydrogens is 209 g/mol. The molecule has 1 aromatic heterocycles. The van der Waals surface area contributed by atoms with Gasteiger partial charge in [-0.3, -0.25) is 0 Å². The van der Waals surface area contributed by atoms with E-state index in [1.807, 2.05) is 0 Å². The van der Waals surface area contributed by atoms with E-state index in [1.165, 1.54) is 25.5 Å². The van der Waals surface area contributed by atoms with E-state index >= 15 is 0 Å². The molecule has 82 valence electrons. The molecule has 0 saturated carbocycles. The number of benzene rings is 1. The van der Waals surface area contributed by atoms with Gasteiger partial charge in [-0.1, -0.05) is 6.07 Å². The first-order valence-electron chi connectivity index (χ1n) is 4.62. The van der Waals surface area contributed by atoms with Crippen molar-refractivity contribution in [3.05, 3.63) is 35.8 Å². The highest BCUT2D eigenvalue weighted by Crippen LogP contribution is 2.25. The lowest BCUT2D eigenvalue weighted by molar-refractivity contribution is 0.415. The molecule has 0 atom stereocenters. The molecule has 2 aromatic rings. The molecule has 0 aliphatic carbocycles. The largest absolute Gasteiger partial charge is 0.494 e. The number of halogens is 1. The summed E-state index contributed by atoms with van der Waals surface area (Å²) in [6.07, 6.45) is 1.42. The van der Waals surface area contributed by atoms with Gasteiger partial charge >= 0.3 is 0 Å². The van der Waals surface area contributed by atoms with Crippen LogP contribution in [0.25, 0.3) is 10.9 Å². The molecule has 0 aliphatic heterocycles. The number of hydrogen-bond acceptors (Lipinski definition) is 4. The summed E-state index contributed by atoms with van der Waals surface area (Å²) in [5.74, 6) is 5.07. The minimum absolute atomic E-state index is 0.355. The van der Waals surface area contributed by atoms with Gasteiger partial charge in [-0.05, 0) is 12.1 Å². The van der Waals surface area contributed by atoms with Gasteiger partial charge in [0.05, 0.1) is 19.0 Å². The van der Waals surface area contributed by atoms with Crippen LogP contribution in [-0.2, 0) is 0 Å². The number of rotatable bonds is 2. The maximum Gasteiger partial charge on any atom is 0.148 e. The number of aromatic nitrogens is 1. The number of hydrazone groups is 1. The number of pyridine rings is 1. The van der Waals surface area contributed by atoms with Crippen molar-refractivity contribution < 1.29 is 9.13 Å². The Labute approximate surface area is 91.5 Å². The summed E-state index contributed by atoms with van der Waals surface area (Å²) in [5, 5.41) is 4.06. The molecule has 1 aromatic carbocycles. The Morgan fingerprint density at radius 3 is 2.94 bits per heavy atom. The van der Waals surface area contributed by atoms with Gasteiger partial charge in [-0.2, -0.15) is 5.10 Å². The van der Waals surface area contributed by atoms with Gasteiger partial charge in [0.2, 0.25) is 0 Å². The zero-order valence-electron chi connectivity index (χ0n) is 8.64. The number of methoxy groups -OCH3 is 1. The van der Waals surface area contributed by atoms with Crippen LogP contribution in [0, 0.1) is 5.82 Å². The standard InChI is InChI=1S/C11H10FN3O/c1-16-10-5-8(12)4-7-2-3-9(6-14-13)15-11(7)10/h2-6H,13H2,1H3/b14-6+. The van der Waals surface area contributed by atoms with Crippen LogP contribution in [0.2, 0.25) is 0 Å². The summed E-state index contributed by atoms with van der Waals surface area (Å²) in [6.45, 7) is 0. The molecule has 16 heavy (non-hydrogen) atoms. The number of hydrogen-bond donors (Lipinski definition) is 1. The van der Waals surface area contributed by atoms with E-state index in [0.717, 1.165) is 0 Å². The lowest BCUT2D eigenvalue weighted by Crippen LogP contribution is -1.94. The van der Waals surface area contributed by atoms with Crippen LogP contribution >= 0.6 is 0 Å². The monoisotopic (exact) mass is 219 g/mol. The van der Waals surface area contributed by atoms with Crippen LogP contribution in [0.15, 0.2) is 29.4 Å². The molecule has 0 spiro atoms. The molecule has 2 N–H and O–H groups in total. The van der Waals surface area contributed by atoms with Crippen LogP contribution in [0.5, 0.6) is 5.75 Å². The minimum atomic E-state index is -0.355. The van der Waals surface area contributed by atoms with E-state index < -0.39 is 0 Å². The Balaban J connectivity index is 2.70. The number of ether oxygens (including phenoxy) is 1. The van der Waals surface area contributed by atoms with Gasteiger partial charge < -0.3 is 10.6 Å². The Morgan fingerprint density at radius 1 is 1.44 bits per heavy atom. The number of nitrogens with zero attached hydrogens (tertiary/aromatic N) is 2. The fourth-order valence-electron chi connectivity index (χ4n) is 1.49. The van der Waals surface area contributed by atoms with E-state index in [2.05, 4.69) is 10.1 Å². The fraction of sp³-hybridized carbons (Fsp3) is 0.0909. The maximum atomic E-state index is 13.2. The first-order chi connectivity index (χ1) is 7.74. The third-order valence-electron chi connectivity index (χ3n) is 2.17. The molecular formula is C11H10FN3O. The topological polar surface area (TPSA) is 60.5 Å². The zero-order chi connectivity index (χ0) is 11.5. The van der Waals surface area contributed by atoms with Gasteiger partial charge in [-0.25, -0.2) is 9.37 Å². The number of fused-ring (bicyclic) bond motifs is 1. The van der Waals surface area contributed by atoms with Crippen molar-refractivity contribution in [1.82, 2.24) is 4.98 Å². The third-order valence-corrected chi connectivity index (χ3v) is 2.17. The van der Waals surface area contributed by atoms with Gasteiger partial charge in [-0.15, -0.1) is 0 Å². The summed E-state index contributed by atoms with van der Waals surface area (Å²) >= 11 is 0. The average molecular weight is 219 g/mol. The molecule has 0 saturated heterocycles. The normalized spacial score (nSPS) is 11.1. The highest BCUT2D eigenvalue weighted by Gasteiger charge is 2.06. The molecule has 0 unspecified atom stereocenters. The second-order valence-electron chi connectivity index (χ2n) is 3.19. The Kier molecular flexibility index (Phi) is 2.68. The minimum Gasteiger partial charge on any atom is -0.494 e. The molecule has 4 nitrogen and oxygen atoms in total. The van der Waals surface area contributed by atoms with E-state index in [1.54, 1.807) is 12.1 Å². The van der Waals surface area contributed by atoms with Crippen LogP contribution in [0.4, 0.5) is 4.39 Å². The number of nitrogens with two attached hydrogens (primary N) is 1. The first-order valence-corrected chi connectivity index (χ1v) is 4.62. The summed E-state index contributed by atoms with van der Waals surface area (Å²) in [7, 11) is 1.47. The second-order valence-corrected chi connectivity index (χ2v) is 3.19. The SMILES string of the molecule is COc1cc(F)cc2ccc(/C=N/N)nc12. The predicted octanol–water partition coefficient (Wildman–Crippen LogP) is 1.68. The Bertz CT molecular complexity index is 554. The van der Waals surface area contributed by atoms with Crippen LogP contribution < -0.4 is 10.6 Å². The van der Waals surface area contributed by atoms with Crippen LogP contribution in [0.3, 0.4) is 0 Å². The first kappa shape index (κ1) is 10.4. The molecule has 5 heteroatoms. The molecule has 0 radical (unpaired) electrons. The van der Waals surface area contributed by atoms with Gasteiger partial charge in [0.15, 0.2) is 0 Å². The zero-order valence-corrected chi connectivity index (χ0v) is 8.64. The summed E-state index contributed by atoms with van der Waals surface area (Å²) in [4.78, 5) is 4.26. The molecule has 0 aliphatic rings. The third kappa shape index (κ3) is 1.79. The van der Waals surface area contributed by atoms with Gasteiger partial charge in [0.25, 0.3) is 0 Å². The molecule has 0 amide bonds. The van der Waals surface area contributed by atoms with Crippen molar-refractivity contribution in [2.45, 2.75) is 0 Å². The van der Waals surface area contributed by atoms with Crippen LogP contribution in [0.1, 0.15) is 5.69 Å². The van der Waals surface area contributed by atoms with E-state index in [-0.39, 0.29) is 5.82 Å². The molecule has 1 heterocycles. The van der Waals surface area contributed by atoms with Gasteiger partial charge in [0, 0.05) is 11.5 Å². The van der Waals surface area contributed by atoms with E-state index in [4.69, 9.17) is 10.6 Å². The average Bonchev–Trinajstić information content (AvgIpc) is 2.29. The van der Waals surface area contributed by atoms with E-state index in [0.29, 0.717) is 22.3 Å². The highest BCUT2D eigenvalue weighted by molar-refractivity contribution is 5.88. The molecule has 2 rings (SSSR count). The van der Waals surface area contributed by atoms with Crippen LogP contribution in [-0.4, -0.2) is 18.3 Å². The highest BCUT2D eigenvalue weighted by atomic mass is 19.1.